The number of aromatic amines is 1. The van der Waals surface area contributed by atoms with Crippen LogP contribution in [0.1, 0.15) is 46.0 Å². The Labute approximate surface area is 195 Å². The van der Waals surface area contributed by atoms with Crippen LogP contribution < -0.4 is 16.0 Å². The van der Waals surface area contributed by atoms with Gasteiger partial charge in [0.1, 0.15) is 0 Å². The van der Waals surface area contributed by atoms with Crippen LogP contribution >= 0.6 is 0 Å². The van der Waals surface area contributed by atoms with Crippen molar-refractivity contribution in [3.63, 3.8) is 0 Å². The minimum atomic E-state index is 0.0698. The van der Waals surface area contributed by atoms with Crippen LogP contribution in [0.5, 0.6) is 0 Å². The van der Waals surface area contributed by atoms with Crippen LogP contribution in [0.4, 0.5) is 0 Å². The van der Waals surface area contributed by atoms with E-state index in [0.717, 1.165) is 58.7 Å². The number of hydrogen-bond acceptors (Lipinski definition) is 4. The van der Waals surface area contributed by atoms with Crippen LogP contribution in [-0.4, -0.2) is 35.2 Å². The summed E-state index contributed by atoms with van der Waals surface area (Å²) >= 11 is 0. The average molecular weight is 441 g/mol. The van der Waals surface area contributed by atoms with E-state index in [9.17, 15) is 0 Å². The van der Waals surface area contributed by atoms with E-state index in [1.54, 1.807) is 0 Å². The minimum Gasteiger partial charge on any atom is -0.378 e. The van der Waals surface area contributed by atoms with Crippen LogP contribution in [0, 0.1) is 0 Å². The largest absolute Gasteiger partial charge is 0.378 e. The number of aliphatic imine (C=N–C) groups is 2. The summed E-state index contributed by atoms with van der Waals surface area (Å²) in [5, 5.41) is 5.76. The molecule has 5 nitrogen and oxygen atoms in total. The lowest BCUT2D eigenvalue weighted by molar-refractivity contribution is 0.0846. The molecule has 170 valence electrons. The first-order valence-electron chi connectivity index (χ1n) is 12.1. The van der Waals surface area contributed by atoms with Crippen molar-refractivity contribution in [3.05, 3.63) is 82.0 Å². The van der Waals surface area contributed by atoms with E-state index >= 15 is 0 Å². The minimum absolute atomic E-state index is 0.0698. The van der Waals surface area contributed by atoms with E-state index in [1.165, 1.54) is 24.8 Å². The van der Waals surface area contributed by atoms with E-state index in [0.29, 0.717) is 0 Å². The van der Waals surface area contributed by atoms with Gasteiger partial charge in [0.05, 0.1) is 35.0 Å². The molecule has 5 heteroatoms. The van der Waals surface area contributed by atoms with Crippen molar-refractivity contribution in [2.45, 2.75) is 58.1 Å². The van der Waals surface area contributed by atoms with Crippen LogP contribution in [-0.2, 0) is 4.74 Å². The first-order valence-corrected chi connectivity index (χ1v) is 12.1. The van der Waals surface area contributed by atoms with Crippen molar-refractivity contribution < 1.29 is 4.74 Å². The molecule has 4 aliphatic rings. The van der Waals surface area contributed by atoms with Crippen molar-refractivity contribution in [1.82, 2.24) is 10.3 Å². The molecule has 0 saturated carbocycles. The van der Waals surface area contributed by atoms with Crippen molar-refractivity contribution in [3.8, 4) is 0 Å². The van der Waals surface area contributed by atoms with Gasteiger partial charge in [0.25, 0.3) is 0 Å². The Morgan fingerprint density at radius 3 is 2.42 bits per heavy atom. The Hall–Kier alpha value is -3.18. The molecule has 0 amide bonds. The molecule has 0 aliphatic carbocycles. The average Bonchev–Trinajstić information content (AvgIpc) is 3.58. The molecule has 5 heterocycles. The summed E-state index contributed by atoms with van der Waals surface area (Å²) in [5.74, 6) is 0. The highest BCUT2D eigenvalue weighted by atomic mass is 16.5. The Bertz CT molecular complexity index is 1250. The predicted molar refractivity (Wildman–Crippen MR) is 136 cm³/mol. The molecule has 4 aliphatic heterocycles. The predicted octanol–water partition coefficient (Wildman–Crippen LogP) is 3.98. The Morgan fingerprint density at radius 1 is 0.939 bits per heavy atom. The summed E-state index contributed by atoms with van der Waals surface area (Å²) in [7, 11) is 0. The number of aromatic nitrogens is 1. The molecule has 8 bridgehead atoms. The number of nitrogens with one attached hydrogen (secondary N) is 2. The zero-order chi connectivity index (χ0) is 22.6. The van der Waals surface area contributed by atoms with Crippen molar-refractivity contribution in [2.24, 2.45) is 9.98 Å². The van der Waals surface area contributed by atoms with E-state index in [-0.39, 0.29) is 12.1 Å². The summed E-state index contributed by atoms with van der Waals surface area (Å²) in [4.78, 5) is 13.0. The maximum atomic E-state index is 6.25. The van der Waals surface area contributed by atoms with Crippen molar-refractivity contribution in [1.29, 1.82) is 0 Å². The van der Waals surface area contributed by atoms with Gasteiger partial charge < -0.3 is 15.0 Å². The summed E-state index contributed by atoms with van der Waals surface area (Å²) in [6.07, 6.45) is 22.6. The third-order valence-electron chi connectivity index (χ3n) is 6.35. The zero-order valence-corrected chi connectivity index (χ0v) is 19.5. The fourth-order valence-corrected chi connectivity index (χ4v) is 4.59. The normalized spacial score (nSPS) is 21.7. The van der Waals surface area contributed by atoms with E-state index in [4.69, 9.17) is 14.7 Å². The second-order valence-electron chi connectivity index (χ2n) is 9.03. The van der Waals surface area contributed by atoms with E-state index < -0.39 is 0 Å². The number of unbranched alkanes of at least 4 members (excludes halogenated alkanes) is 3. The molecule has 0 radical (unpaired) electrons. The van der Waals surface area contributed by atoms with Gasteiger partial charge in [-0.15, -0.1) is 0 Å². The smallest absolute Gasteiger partial charge is 0.0780 e. The van der Waals surface area contributed by atoms with Crippen LogP contribution in [0.3, 0.4) is 0 Å². The molecular weight excluding hydrogens is 408 g/mol. The fourth-order valence-electron chi connectivity index (χ4n) is 4.59. The molecule has 0 saturated heterocycles. The summed E-state index contributed by atoms with van der Waals surface area (Å²) < 4.78 is 6.25. The lowest BCUT2D eigenvalue weighted by Crippen LogP contribution is -2.19. The summed E-state index contributed by atoms with van der Waals surface area (Å²) in [6, 6.07) is 4.33. The summed E-state index contributed by atoms with van der Waals surface area (Å²) in [5.41, 5.74) is 6.27. The Balaban J connectivity index is 1.46. The van der Waals surface area contributed by atoms with Crippen LogP contribution in [0.2, 0.25) is 0 Å². The highest BCUT2D eigenvalue weighted by Gasteiger charge is 2.26. The van der Waals surface area contributed by atoms with Crippen molar-refractivity contribution >= 4 is 23.6 Å². The molecular formula is C28H32N4O. The van der Waals surface area contributed by atoms with Gasteiger partial charge >= 0.3 is 0 Å². The van der Waals surface area contributed by atoms with Crippen LogP contribution in [0.15, 0.2) is 81.2 Å². The van der Waals surface area contributed by atoms with Gasteiger partial charge in [-0.2, -0.15) is 0 Å². The number of ether oxygens (including phenoxy) is 1. The third kappa shape index (κ3) is 5.25. The Kier molecular flexibility index (Phi) is 6.40. The second-order valence-corrected chi connectivity index (χ2v) is 9.03. The quantitative estimate of drug-likeness (QED) is 0.630. The molecule has 1 aromatic heterocycles. The van der Waals surface area contributed by atoms with Gasteiger partial charge in [0, 0.05) is 23.0 Å². The monoisotopic (exact) mass is 440 g/mol. The molecule has 2 atom stereocenters. The number of allylic oxidation sites excluding steroid dienone is 5. The highest BCUT2D eigenvalue weighted by Crippen LogP contribution is 2.28. The number of fused-ring (bicyclic) bond motifs is 6. The number of rotatable bonds is 7. The molecule has 0 spiro atoms. The lowest BCUT2D eigenvalue weighted by atomic mass is 10.0. The van der Waals surface area contributed by atoms with E-state index in [1.807, 2.05) is 0 Å². The SMILES string of the molecule is CCCCCCOC(C)C1=C2C=C3C=CC(=N3)C=c3ccc([nH]3)=CC3=NC(=CC(C1)N2)C=C3. The second kappa shape index (κ2) is 9.75. The fraction of sp³-hybridized carbons (Fsp3) is 0.357. The van der Waals surface area contributed by atoms with Gasteiger partial charge in [-0.3, -0.25) is 0 Å². The maximum Gasteiger partial charge on any atom is 0.0780 e. The molecule has 5 rings (SSSR count). The number of hydrogen-bond donors (Lipinski definition) is 2. The first-order chi connectivity index (χ1) is 16.2. The number of nitrogens with zero attached hydrogens (tertiary/aromatic N) is 2. The zero-order valence-electron chi connectivity index (χ0n) is 19.5. The lowest BCUT2D eigenvalue weighted by Gasteiger charge is -2.15. The van der Waals surface area contributed by atoms with Crippen molar-refractivity contribution in [2.75, 3.05) is 6.61 Å². The van der Waals surface area contributed by atoms with Crippen LogP contribution in [0.25, 0.3) is 12.2 Å². The van der Waals surface area contributed by atoms with Gasteiger partial charge in [-0.25, -0.2) is 9.98 Å². The molecule has 1 aromatic rings. The van der Waals surface area contributed by atoms with E-state index in [2.05, 4.69) is 84.9 Å². The number of H-pyrrole nitrogens is 1. The molecule has 0 aromatic carbocycles. The molecule has 2 N–H and O–H groups in total. The molecule has 0 fully saturated rings. The van der Waals surface area contributed by atoms with Gasteiger partial charge in [-0.1, -0.05) is 26.2 Å². The maximum absolute atomic E-state index is 6.25. The van der Waals surface area contributed by atoms with Gasteiger partial charge in [-0.05, 0) is 86.1 Å². The molecule has 33 heavy (non-hydrogen) atoms. The third-order valence-corrected chi connectivity index (χ3v) is 6.35. The summed E-state index contributed by atoms with van der Waals surface area (Å²) in [6.45, 7) is 5.21. The molecule has 2 unspecified atom stereocenters. The topological polar surface area (TPSA) is 61.8 Å². The van der Waals surface area contributed by atoms with Gasteiger partial charge in [0.2, 0.25) is 0 Å². The first kappa shape index (κ1) is 21.7. The van der Waals surface area contributed by atoms with Gasteiger partial charge in [0.15, 0.2) is 0 Å². The highest BCUT2D eigenvalue weighted by molar-refractivity contribution is 6.20. The Morgan fingerprint density at radius 2 is 1.67 bits per heavy atom. The standard InChI is InChI=1S/C28H32N4O/c1-3-4-5-6-13-33-19(2)27-17-26-16-24-10-9-22(30-24)14-20-7-8-21(29-20)15-23-11-12-25(31-23)18-28(27)32-26/h7-12,14-16,18-19,26,29,32H,3-6,13,17H2,1-2H3.